The zero-order valence-electron chi connectivity index (χ0n) is 36.5. The van der Waals surface area contributed by atoms with Gasteiger partial charge in [0.1, 0.15) is 0 Å². The van der Waals surface area contributed by atoms with Crippen LogP contribution in [0.4, 0.5) is 0 Å². The van der Waals surface area contributed by atoms with Crippen molar-refractivity contribution >= 4 is 54.1 Å². The minimum absolute atomic E-state index is 1.18. The molecule has 56 heavy (non-hydrogen) atoms. The van der Waals surface area contributed by atoms with Crippen LogP contribution in [0.1, 0.15) is 192 Å². The monoisotopic (exact) mass is 755 g/mol. The topological polar surface area (TPSA) is 9.86 Å². The highest BCUT2D eigenvalue weighted by Gasteiger charge is 2.13. The van der Waals surface area contributed by atoms with E-state index in [2.05, 4.69) is 97.7 Å². The molecule has 2 nitrogen and oxygen atoms in total. The number of rotatable bonds is 28. The molecule has 0 amide bonds. The first kappa shape index (κ1) is 42.3. The van der Waals surface area contributed by atoms with E-state index in [1.54, 1.807) is 0 Å². The summed E-state index contributed by atoms with van der Waals surface area (Å²) < 4.78 is 4.92. The van der Waals surface area contributed by atoms with Crippen LogP contribution in [0.3, 0.4) is 0 Å². The van der Waals surface area contributed by atoms with E-state index in [0.29, 0.717) is 0 Å². The summed E-state index contributed by atoms with van der Waals surface area (Å²) >= 11 is 0. The number of fused-ring (bicyclic) bond motifs is 7. The Hall–Kier alpha value is -3.26. The fraction of sp³-hybridized carbons (Fsp3) is 0.593. The predicted molar refractivity (Wildman–Crippen MR) is 251 cm³/mol. The fourth-order valence-electron chi connectivity index (χ4n) is 9.78. The average Bonchev–Trinajstić information content (AvgIpc) is 3.69. The van der Waals surface area contributed by atoms with Gasteiger partial charge >= 0.3 is 0 Å². The lowest BCUT2D eigenvalue weighted by molar-refractivity contribution is 0.538. The van der Waals surface area contributed by atoms with Gasteiger partial charge in [-0.25, -0.2) is 0 Å². The Morgan fingerprint density at radius 3 is 0.929 bits per heavy atom. The van der Waals surface area contributed by atoms with Gasteiger partial charge < -0.3 is 9.13 Å². The normalized spacial score (nSPS) is 12.1. The van der Waals surface area contributed by atoms with Crippen LogP contribution in [-0.2, 0) is 26.9 Å². The van der Waals surface area contributed by atoms with Gasteiger partial charge in [0.25, 0.3) is 0 Å². The van der Waals surface area contributed by atoms with E-state index >= 15 is 0 Å². The lowest BCUT2D eigenvalue weighted by Gasteiger charge is -2.10. The maximum atomic E-state index is 2.47. The molecule has 304 valence electrons. The van der Waals surface area contributed by atoms with Gasteiger partial charge in [-0.2, -0.15) is 0 Å². The van der Waals surface area contributed by atoms with E-state index in [1.165, 1.54) is 245 Å². The molecule has 0 saturated heterocycles. The SMILES string of the molecule is CCCCCCCCCCCCCCCc1cc2cc3c(ccc4c5cc6cc(CCCCCCCCCCCCCCC)n(C)c6cc5ccc34)cc2n1C. The van der Waals surface area contributed by atoms with Crippen LogP contribution in [0, 0.1) is 0 Å². The van der Waals surface area contributed by atoms with Crippen molar-refractivity contribution in [2.24, 2.45) is 14.1 Å². The Kier molecular flexibility index (Phi) is 17.1. The van der Waals surface area contributed by atoms with Crippen molar-refractivity contribution in [3.05, 3.63) is 72.1 Å². The molecule has 2 heterocycles. The molecule has 2 heteroatoms. The molecule has 0 aliphatic carbocycles. The van der Waals surface area contributed by atoms with Gasteiger partial charge in [-0.1, -0.05) is 192 Å². The second-order valence-electron chi connectivity index (χ2n) is 17.9. The molecule has 6 aromatic rings. The Morgan fingerprint density at radius 1 is 0.304 bits per heavy atom. The lowest BCUT2D eigenvalue weighted by atomic mass is 9.95. The van der Waals surface area contributed by atoms with E-state index in [9.17, 15) is 0 Å². The van der Waals surface area contributed by atoms with Crippen molar-refractivity contribution in [2.75, 3.05) is 0 Å². The highest BCUT2D eigenvalue weighted by Crippen LogP contribution is 2.36. The Labute approximate surface area is 341 Å². The summed E-state index contributed by atoms with van der Waals surface area (Å²) in [6.07, 6.45) is 39.0. The van der Waals surface area contributed by atoms with Gasteiger partial charge in [0.2, 0.25) is 0 Å². The van der Waals surface area contributed by atoms with Crippen molar-refractivity contribution < 1.29 is 0 Å². The predicted octanol–water partition coefficient (Wildman–Crippen LogP) is 17.4. The van der Waals surface area contributed by atoms with Gasteiger partial charge in [-0.3, -0.25) is 0 Å². The van der Waals surface area contributed by atoms with Crippen LogP contribution in [-0.4, -0.2) is 9.13 Å². The third kappa shape index (κ3) is 11.4. The molecule has 0 N–H and O–H groups in total. The molecule has 0 radical (unpaired) electrons. The first-order chi connectivity index (χ1) is 27.6. The Morgan fingerprint density at radius 2 is 0.607 bits per heavy atom. The molecule has 4 aromatic carbocycles. The zero-order valence-corrected chi connectivity index (χ0v) is 36.5. The maximum absolute atomic E-state index is 2.47. The van der Waals surface area contributed by atoms with E-state index in [1.807, 2.05) is 0 Å². The number of aromatic nitrogens is 2. The van der Waals surface area contributed by atoms with Crippen molar-refractivity contribution in [3.8, 4) is 0 Å². The molecule has 0 unspecified atom stereocenters. The van der Waals surface area contributed by atoms with Gasteiger partial charge in [-0.15, -0.1) is 0 Å². The highest BCUT2D eigenvalue weighted by atomic mass is 14.9. The number of aryl methyl sites for hydroxylation is 4. The molecular formula is C54H78N2. The fourth-order valence-corrected chi connectivity index (χ4v) is 9.78. The van der Waals surface area contributed by atoms with Crippen molar-refractivity contribution in [1.82, 2.24) is 9.13 Å². The quantitative estimate of drug-likeness (QED) is 0.0349. The van der Waals surface area contributed by atoms with Gasteiger partial charge in [0.15, 0.2) is 0 Å². The van der Waals surface area contributed by atoms with Gasteiger partial charge in [0.05, 0.1) is 0 Å². The van der Waals surface area contributed by atoms with Crippen LogP contribution in [0.25, 0.3) is 54.1 Å². The molecule has 0 saturated carbocycles. The molecule has 0 atom stereocenters. The first-order valence-corrected chi connectivity index (χ1v) is 23.9. The third-order valence-electron chi connectivity index (χ3n) is 13.4. The number of benzene rings is 4. The van der Waals surface area contributed by atoms with Crippen molar-refractivity contribution in [3.63, 3.8) is 0 Å². The molecule has 6 rings (SSSR count). The van der Waals surface area contributed by atoms with Crippen LogP contribution in [0.5, 0.6) is 0 Å². The van der Waals surface area contributed by atoms with Crippen LogP contribution >= 0.6 is 0 Å². The molecule has 2 aromatic heterocycles. The summed E-state index contributed by atoms with van der Waals surface area (Å²) in [6.45, 7) is 4.61. The highest BCUT2D eigenvalue weighted by molar-refractivity contribution is 6.20. The van der Waals surface area contributed by atoms with E-state index in [4.69, 9.17) is 0 Å². The molecule has 0 aliphatic heterocycles. The van der Waals surface area contributed by atoms with Crippen LogP contribution in [0.2, 0.25) is 0 Å². The number of hydrogen-bond donors (Lipinski definition) is 0. The first-order valence-electron chi connectivity index (χ1n) is 23.9. The maximum Gasteiger partial charge on any atom is 0.0486 e. The molecule has 0 fully saturated rings. The summed E-state index contributed by atoms with van der Waals surface area (Å²) in [6, 6.07) is 24.3. The standard InChI is InChI=1S/C54H78N2/c1-5-7-9-11-13-15-17-19-21-23-25-27-29-31-47-37-45-39-51-43(41-53(45)55(47)3)33-35-50-49(51)36-34-44-42-54-46(40-52(44)50)38-48(56(54)4)32-30-28-26-24-22-20-18-16-14-12-10-8-6-2/h33-42H,5-32H2,1-4H3. The van der Waals surface area contributed by atoms with E-state index < -0.39 is 0 Å². The largest absolute Gasteiger partial charge is 0.348 e. The summed E-state index contributed by atoms with van der Waals surface area (Å²) in [7, 11) is 4.55. The summed E-state index contributed by atoms with van der Waals surface area (Å²) in [5, 5.41) is 11.0. The zero-order chi connectivity index (χ0) is 39.0. The second kappa shape index (κ2) is 22.6. The van der Waals surface area contributed by atoms with Crippen LogP contribution < -0.4 is 0 Å². The summed E-state index contributed by atoms with van der Waals surface area (Å²) in [5.74, 6) is 0. The molecule has 0 spiro atoms. The number of unbranched alkanes of at least 4 members (excludes halogenated alkanes) is 24. The Balaban J connectivity index is 1.01. The van der Waals surface area contributed by atoms with E-state index in [-0.39, 0.29) is 0 Å². The molecular weight excluding hydrogens is 677 g/mol. The van der Waals surface area contributed by atoms with Gasteiger partial charge in [0, 0.05) is 47.3 Å². The summed E-state index contributed by atoms with van der Waals surface area (Å²) in [5.41, 5.74) is 5.69. The number of hydrogen-bond acceptors (Lipinski definition) is 0. The second-order valence-corrected chi connectivity index (χ2v) is 17.9. The smallest absolute Gasteiger partial charge is 0.0486 e. The van der Waals surface area contributed by atoms with Crippen molar-refractivity contribution in [2.45, 2.75) is 194 Å². The summed E-state index contributed by atoms with van der Waals surface area (Å²) in [4.78, 5) is 0. The lowest BCUT2D eigenvalue weighted by Crippen LogP contribution is -1.96. The van der Waals surface area contributed by atoms with Crippen LogP contribution in [0.15, 0.2) is 60.7 Å². The molecule has 0 bridgehead atoms. The minimum atomic E-state index is 1.18. The van der Waals surface area contributed by atoms with Crippen molar-refractivity contribution in [1.29, 1.82) is 0 Å². The minimum Gasteiger partial charge on any atom is -0.348 e. The molecule has 0 aliphatic rings. The van der Waals surface area contributed by atoms with E-state index in [0.717, 1.165) is 0 Å². The Bertz CT molecular complexity index is 1920. The average molecular weight is 755 g/mol. The third-order valence-corrected chi connectivity index (χ3v) is 13.4. The number of nitrogens with zero attached hydrogens (tertiary/aromatic N) is 2. The van der Waals surface area contributed by atoms with Gasteiger partial charge in [-0.05, 0) is 94.4 Å².